The van der Waals surface area contributed by atoms with E-state index in [1.165, 1.54) is 5.56 Å². The number of piperidine rings is 1. The molecule has 2 aliphatic heterocycles. The van der Waals surface area contributed by atoms with Gasteiger partial charge < -0.3 is 15.5 Å². The molecule has 1 spiro atoms. The van der Waals surface area contributed by atoms with Crippen LogP contribution in [0.3, 0.4) is 0 Å². The summed E-state index contributed by atoms with van der Waals surface area (Å²) >= 11 is 0. The zero-order chi connectivity index (χ0) is 22.7. The maximum absolute atomic E-state index is 12.8. The molecule has 33 heavy (non-hydrogen) atoms. The molecule has 3 aromatic rings. The number of nitrogens with one attached hydrogen (secondary N) is 2. The molecule has 5 rings (SSSR count). The van der Waals surface area contributed by atoms with Crippen LogP contribution in [0, 0.1) is 0 Å². The quantitative estimate of drug-likeness (QED) is 0.616. The maximum Gasteiger partial charge on any atom is 0.251 e. The molecule has 0 aliphatic carbocycles. The van der Waals surface area contributed by atoms with Crippen molar-refractivity contribution < 1.29 is 9.59 Å². The lowest BCUT2D eigenvalue weighted by Gasteiger charge is -2.42. The molecule has 0 atom stereocenters. The molecule has 2 aliphatic rings. The standard InChI is InChI=1S/C27H30N4O2/c32-25(24-11-10-22-8-4-5-9-23(22)18-24)28-14-17-30-15-12-27(13-16-30)26(33)29-20-31(27)19-21-6-2-1-3-7-21/h1-11,18H,12-17,19-20H2,(H,28,32)(H,29,33). The fraction of sp³-hybridized carbons (Fsp3) is 0.333. The highest BCUT2D eigenvalue weighted by Gasteiger charge is 2.49. The van der Waals surface area contributed by atoms with Gasteiger partial charge >= 0.3 is 0 Å². The van der Waals surface area contributed by atoms with Gasteiger partial charge in [0.1, 0.15) is 5.54 Å². The first kappa shape index (κ1) is 21.6. The van der Waals surface area contributed by atoms with Crippen molar-refractivity contribution in [3.05, 3.63) is 83.9 Å². The van der Waals surface area contributed by atoms with Crippen LogP contribution in [-0.4, -0.2) is 60.0 Å². The third-order valence-corrected chi connectivity index (χ3v) is 7.08. The lowest BCUT2D eigenvalue weighted by molar-refractivity contribution is -0.129. The Hall–Kier alpha value is -3.22. The molecule has 2 fully saturated rings. The van der Waals surface area contributed by atoms with Gasteiger partial charge in [-0.25, -0.2) is 0 Å². The van der Waals surface area contributed by atoms with E-state index in [1.54, 1.807) is 0 Å². The highest BCUT2D eigenvalue weighted by Crippen LogP contribution is 2.33. The monoisotopic (exact) mass is 442 g/mol. The van der Waals surface area contributed by atoms with Crippen LogP contribution in [0.5, 0.6) is 0 Å². The van der Waals surface area contributed by atoms with Crippen LogP contribution in [0.25, 0.3) is 10.8 Å². The summed E-state index contributed by atoms with van der Waals surface area (Å²) in [5, 5.41) is 8.32. The average Bonchev–Trinajstić information content (AvgIpc) is 3.15. The van der Waals surface area contributed by atoms with Crippen molar-refractivity contribution in [2.75, 3.05) is 32.8 Å². The number of likely N-dealkylation sites (tertiary alicyclic amines) is 1. The molecule has 2 saturated heterocycles. The van der Waals surface area contributed by atoms with Gasteiger partial charge in [-0.1, -0.05) is 60.7 Å². The Balaban J connectivity index is 1.13. The van der Waals surface area contributed by atoms with Gasteiger partial charge in [0.15, 0.2) is 0 Å². The number of hydrogen-bond donors (Lipinski definition) is 2. The highest BCUT2D eigenvalue weighted by atomic mass is 16.2. The first-order valence-corrected chi connectivity index (χ1v) is 11.7. The molecular formula is C27H30N4O2. The molecule has 0 radical (unpaired) electrons. The smallest absolute Gasteiger partial charge is 0.251 e. The van der Waals surface area contributed by atoms with Gasteiger partial charge in [0, 0.05) is 38.3 Å². The van der Waals surface area contributed by atoms with Crippen molar-refractivity contribution in [3.63, 3.8) is 0 Å². The Bertz CT molecular complexity index is 1140. The molecule has 6 nitrogen and oxygen atoms in total. The Morgan fingerprint density at radius 1 is 0.939 bits per heavy atom. The van der Waals surface area contributed by atoms with E-state index < -0.39 is 5.54 Å². The Kier molecular flexibility index (Phi) is 6.11. The maximum atomic E-state index is 12.8. The fourth-order valence-electron chi connectivity index (χ4n) is 5.09. The first-order chi connectivity index (χ1) is 16.1. The zero-order valence-electron chi connectivity index (χ0n) is 18.8. The normalized spacial score (nSPS) is 18.5. The van der Waals surface area contributed by atoms with Crippen molar-refractivity contribution in [2.45, 2.75) is 24.9 Å². The van der Waals surface area contributed by atoms with Crippen molar-refractivity contribution in [1.82, 2.24) is 20.4 Å². The molecule has 170 valence electrons. The number of rotatable bonds is 6. The number of fused-ring (bicyclic) bond motifs is 1. The number of nitrogens with zero attached hydrogens (tertiary/aromatic N) is 2. The van der Waals surface area contributed by atoms with Crippen LogP contribution in [0.15, 0.2) is 72.8 Å². The van der Waals surface area contributed by atoms with Gasteiger partial charge in [-0.15, -0.1) is 0 Å². The van der Waals surface area contributed by atoms with Gasteiger partial charge in [-0.3, -0.25) is 14.5 Å². The SMILES string of the molecule is O=C(NCCN1CCC2(CC1)C(=O)NCN2Cc1ccccc1)c1ccc2ccccc2c1. The van der Waals surface area contributed by atoms with Crippen molar-refractivity contribution >= 4 is 22.6 Å². The van der Waals surface area contributed by atoms with E-state index in [2.05, 4.69) is 32.6 Å². The van der Waals surface area contributed by atoms with Gasteiger partial charge in [0.2, 0.25) is 5.91 Å². The number of amides is 2. The van der Waals surface area contributed by atoms with Crippen molar-refractivity contribution in [3.8, 4) is 0 Å². The molecule has 2 amide bonds. The number of carbonyl (C=O) groups excluding carboxylic acids is 2. The second-order valence-corrected chi connectivity index (χ2v) is 9.04. The lowest BCUT2D eigenvalue weighted by atomic mass is 9.85. The molecule has 0 aromatic heterocycles. The number of benzene rings is 3. The summed E-state index contributed by atoms with van der Waals surface area (Å²) in [6.45, 7) is 4.47. The molecule has 2 heterocycles. The van der Waals surface area contributed by atoms with Gasteiger partial charge in [0.05, 0.1) is 6.67 Å². The minimum Gasteiger partial charge on any atom is -0.351 e. The summed E-state index contributed by atoms with van der Waals surface area (Å²) in [6, 6.07) is 24.2. The summed E-state index contributed by atoms with van der Waals surface area (Å²) < 4.78 is 0. The second-order valence-electron chi connectivity index (χ2n) is 9.04. The van der Waals surface area contributed by atoms with E-state index in [1.807, 2.05) is 60.7 Å². The number of hydrogen-bond acceptors (Lipinski definition) is 4. The molecule has 0 unspecified atom stereocenters. The first-order valence-electron chi connectivity index (χ1n) is 11.7. The second kappa shape index (κ2) is 9.33. The van der Waals surface area contributed by atoms with Crippen LogP contribution >= 0.6 is 0 Å². The van der Waals surface area contributed by atoms with E-state index in [-0.39, 0.29) is 11.8 Å². The van der Waals surface area contributed by atoms with Gasteiger partial charge in [-0.2, -0.15) is 0 Å². The summed E-state index contributed by atoms with van der Waals surface area (Å²) in [5.41, 5.74) is 1.50. The van der Waals surface area contributed by atoms with Crippen molar-refractivity contribution in [1.29, 1.82) is 0 Å². The minimum absolute atomic E-state index is 0.0431. The lowest BCUT2D eigenvalue weighted by Crippen LogP contribution is -2.56. The average molecular weight is 443 g/mol. The molecule has 0 bridgehead atoms. The van der Waals surface area contributed by atoms with E-state index in [9.17, 15) is 9.59 Å². The predicted molar refractivity (Wildman–Crippen MR) is 130 cm³/mol. The van der Waals surface area contributed by atoms with Crippen LogP contribution < -0.4 is 10.6 Å². The van der Waals surface area contributed by atoms with Gasteiger partial charge in [0.25, 0.3) is 5.91 Å². The third kappa shape index (κ3) is 4.49. The molecule has 6 heteroatoms. The van der Waals surface area contributed by atoms with E-state index >= 15 is 0 Å². The zero-order valence-corrected chi connectivity index (χ0v) is 18.8. The summed E-state index contributed by atoms with van der Waals surface area (Å²) in [6.07, 6.45) is 1.62. The summed E-state index contributed by atoms with van der Waals surface area (Å²) in [7, 11) is 0. The highest BCUT2D eigenvalue weighted by molar-refractivity contribution is 5.98. The molecule has 2 N–H and O–H groups in total. The molecular weight excluding hydrogens is 412 g/mol. The predicted octanol–water partition coefficient (Wildman–Crippen LogP) is 2.99. The van der Waals surface area contributed by atoms with E-state index in [0.717, 1.165) is 49.8 Å². The van der Waals surface area contributed by atoms with Crippen LogP contribution in [0.2, 0.25) is 0 Å². The van der Waals surface area contributed by atoms with Crippen LogP contribution in [0.1, 0.15) is 28.8 Å². The van der Waals surface area contributed by atoms with E-state index in [0.29, 0.717) is 18.8 Å². The van der Waals surface area contributed by atoms with Crippen LogP contribution in [0.4, 0.5) is 0 Å². The summed E-state index contributed by atoms with van der Waals surface area (Å²) in [5.74, 6) is 0.112. The topological polar surface area (TPSA) is 64.7 Å². The third-order valence-electron chi connectivity index (χ3n) is 7.08. The van der Waals surface area contributed by atoms with Crippen molar-refractivity contribution in [2.24, 2.45) is 0 Å². The van der Waals surface area contributed by atoms with E-state index in [4.69, 9.17) is 0 Å². The van der Waals surface area contributed by atoms with Gasteiger partial charge in [-0.05, 0) is 41.3 Å². The molecule has 0 saturated carbocycles. The number of carbonyl (C=O) groups is 2. The van der Waals surface area contributed by atoms with Crippen LogP contribution in [-0.2, 0) is 11.3 Å². The largest absolute Gasteiger partial charge is 0.351 e. The Labute approximate surface area is 194 Å². The fourth-order valence-corrected chi connectivity index (χ4v) is 5.09. The Morgan fingerprint density at radius 2 is 1.67 bits per heavy atom. The Morgan fingerprint density at radius 3 is 2.45 bits per heavy atom. The molecule has 3 aromatic carbocycles. The minimum atomic E-state index is -0.416. The summed E-state index contributed by atoms with van der Waals surface area (Å²) in [4.78, 5) is 30.0.